The van der Waals surface area contributed by atoms with Crippen molar-refractivity contribution >= 4 is 11.6 Å². The maximum atomic E-state index is 12.2. The molecule has 1 aliphatic heterocycles. The first kappa shape index (κ1) is 12.8. The first-order chi connectivity index (χ1) is 8.74. The normalized spacial score (nSPS) is 19.7. The fourth-order valence-electron chi connectivity index (χ4n) is 1.92. The number of nitrogen functional groups attached to an aromatic ring is 1. The van der Waals surface area contributed by atoms with Gasteiger partial charge in [0.05, 0.1) is 24.6 Å². The van der Waals surface area contributed by atoms with Gasteiger partial charge >= 0.3 is 0 Å². The van der Waals surface area contributed by atoms with E-state index in [1.54, 1.807) is 23.2 Å². The lowest BCUT2D eigenvalue weighted by atomic mass is 10.2. The highest BCUT2D eigenvalue weighted by Crippen LogP contribution is 2.12. The quantitative estimate of drug-likeness (QED) is 0.607. The van der Waals surface area contributed by atoms with Crippen molar-refractivity contribution in [2.45, 2.75) is 19.4 Å². The van der Waals surface area contributed by atoms with Crippen molar-refractivity contribution in [2.75, 3.05) is 25.1 Å². The Bertz CT molecular complexity index is 407. The van der Waals surface area contributed by atoms with Crippen LogP contribution >= 0.6 is 0 Å². The molecule has 1 fully saturated rings. The minimum Gasteiger partial charge on any atom is -0.375 e. The number of rotatable bonds is 3. The van der Waals surface area contributed by atoms with E-state index in [0.29, 0.717) is 31.1 Å². The third kappa shape index (κ3) is 2.77. The fraction of sp³-hybridized carbons (Fsp3) is 0.500. The lowest BCUT2D eigenvalue weighted by Crippen LogP contribution is -2.45. The van der Waals surface area contributed by atoms with Crippen LogP contribution in [-0.2, 0) is 4.74 Å². The van der Waals surface area contributed by atoms with Crippen molar-refractivity contribution in [3.05, 3.63) is 24.0 Å². The van der Waals surface area contributed by atoms with Crippen LogP contribution in [0.25, 0.3) is 0 Å². The summed E-state index contributed by atoms with van der Waals surface area (Å²) in [5.74, 6) is 5.20. The van der Waals surface area contributed by atoms with Gasteiger partial charge in [-0.05, 0) is 18.6 Å². The number of carbonyl (C=O) groups is 1. The first-order valence-electron chi connectivity index (χ1n) is 6.08. The van der Waals surface area contributed by atoms with E-state index in [4.69, 9.17) is 10.6 Å². The molecule has 18 heavy (non-hydrogen) atoms. The van der Waals surface area contributed by atoms with Crippen LogP contribution in [0.2, 0.25) is 0 Å². The summed E-state index contributed by atoms with van der Waals surface area (Å²) in [5.41, 5.74) is 3.60. The molecule has 6 nitrogen and oxygen atoms in total. The van der Waals surface area contributed by atoms with Crippen molar-refractivity contribution < 1.29 is 9.53 Å². The molecule has 1 amide bonds. The molecular weight excluding hydrogens is 232 g/mol. The van der Waals surface area contributed by atoms with Gasteiger partial charge in [-0.25, -0.2) is 4.98 Å². The summed E-state index contributed by atoms with van der Waals surface area (Å²) in [6.45, 7) is 3.90. The van der Waals surface area contributed by atoms with Crippen molar-refractivity contribution in [3.63, 3.8) is 0 Å². The molecule has 1 aliphatic rings. The highest BCUT2D eigenvalue weighted by molar-refractivity contribution is 5.92. The molecule has 1 unspecified atom stereocenters. The molecule has 1 aromatic heterocycles. The van der Waals surface area contributed by atoms with Crippen LogP contribution in [0, 0.1) is 0 Å². The van der Waals surface area contributed by atoms with E-state index in [1.807, 2.05) is 0 Å². The zero-order chi connectivity index (χ0) is 13.0. The molecule has 0 bridgehead atoms. The number of ether oxygens (including phenoxy) is 1. The van der Waals surface area contributed by atoms with Gasteiger partial charge in [-0.3, -0.25) is 10.6 Å². The number of carbonyl (C=O) groups excluding carboxylic acids is 1. The minimum absolute atomic E-state index is 0.0553. The lowest BCUT2D eigenvalue weighted by molar-refractivity contribution is -0.0228. The summed E-state index contributed by atoms with van der Waals surface area (Å²) >= 11 is 0. The molecule has 1 atom stereocenters. The second-order valence-electron chi connectivity index (χ2n) is 4.23. The van der Waals surface area contributed by atoms with Gasteiger partial charge in [-0.15, -0.1) is 0 Å². The number of anilines is 1. The maximum Gasteiger partial charge on any atom is 0.272 e. The van der Waals surface area contributed by atoms with Gasteiger partial charge in [0.15, 0.2) is 0 Å². The van der Waals surface area contributed by atoms with E-state index in [-0.39, 0.29) is 12.0 Å². The number of hydrazine groups is 1. The summed E-state index contributed by atoms with van der Waals surface area (Å²) in [5, 5.41) is 0. The topological polar surface area (TPSA) is 80.5 Å². The third-order valence-electron chi connectivity index (χ3n) is 3.03. The number of pyridine rings is 1. The molecule has 1 aromatic rings. The molecule has 2 heterocycles. The van der Waals surface area contributed by atoms with Crippen molar-refractivity contribution in [1.82, 2.24) is 9.88 Å². The Labute approximate surface area is 106 Å². The standard InChI is InChI=1S/C12H18N4O2/c1-2-10-8-16(5-6-18-10)12(17)11-4-3-9(15-13)7-14-11/h3-4,7,10,15H,2,5-6,8,13H2,1H3. The van der Waals surface area contributed by atoms with E-state index in [2.05, 4.69) is 17.3 Å². The molecule has 98 valence electrons. The first-order valence-corrected chi connectivity index (χ1v) is 6.08. The predicted octanol–water partition coefficient (Wildman–Crippen LogP) is 0.618. The predicted molar refractivity (Wildman–Crippen MR) is 68.0 cm³/mol. The Morgan fingerprint density at radius 2 is 2.50 bits per heavy atom. The number of hydrogen-bond donors (Lipinski definition) is 2. The summed E-state index contributed by atoms with van der Waals surface area (Å²) in [7, 11) is 0. The van der Waals surface area contributed by atoms with Crippen LogP contribution in [0.5, 0.6) is 0 Å². The fourth-order valence-corrected chi connectivity index (χ4v) is 1.92. The molecule has 6 heteroatoms. The average molecular weight is 250 g/mol. The van der Waals surface area contributed by atoms with Crippen LogP contribution < -0.4 is 11.3 Å². The van der Waals surface area contributed by atoms with Crippen molar-refractivity contribution in [1.29, 1.82) is 0 Å². The van der Waals surface area contributed by atoms with Gasteiger partial charge in [-0.1, -0.05) is 6.92 Å². The minimum atomic E-state index is -0.0553. The summed E-state index contributed by atoms with van der Waals surface area (Å²) in [6.07, 6.45) is 2.59. The third-order valence-corrected chi connectivity index (χ3v) is 3.03. The van der Waals surface area contributed by atoms with Crippen LogP contribution in [-0.4, -0.2) is 41.6 Å². The molecule has 0 aliphatic carbocycles. The van der Waals surface area contributed by atoms with Gasteiger partial charge in [0.1, 0.15) is 5.69 Å². The SMILES string of the molecule is CCC1CN(C(=O)c2ccc(NN)cn2)CCO1. The number of nitrogens with two attached hydrogens (primary N) is 1. The Hall–Kier alpha value is -1.66. The highest BCUT2D eigenvalue weighted by Gasteiger charge is 2.24. The number of nitrogens with zero attached hydrogens (tertiary/aromatic N) is 2. The van der Waals surface area contributed by atoms with Gasteiger partial charge < -0.3 is 15.1 Å². The molecule has 0 saturated carbocycles. The number of hydrogen-bond acceptors (Lipinski definition) is 5. The van der Waals surface area contributed by atoms with Gasteiger partial charge in [0.25, 0.3) is 5.91 Å². The molecule has 0 spiro atoms. The average Bonchev–Trinajstić information content (AvgIpc) is 2.46. The molecule has 1 saturated heterocycles. The van der Waals surface area contributed by atoms with E-state index < -0.39 is 0 Å². The molecule has 2 rings (SSSR count). The van der Waals surface area contributed by atoms with Crippen molar-refractivity contribution in [3.8, 4) is 0 Å². The van der Waals surface area contributed by atoms with E-state index in [1.165, 1.54) is 0 Å². The van der Waals surface area contributed by atoms with Gasteiger partial charge in [-0.2, -0.15) is 0 Å². The Morgan fingerprint density at radius 3 is 3.11 bits per heavy atom. The number of amides is 1. The smallest absolute Gasteiger partial charge is 0.272 e. The van der Waals surface area contributed by atoms with E-state index in [9.17, 15) is 4.79 Å². The summed E-state index contributed by atoms with van der Waals surface area (Å²) in [6, 6.07) is 3.41. The van der Waals surface area contributed by atoms with E-state index >= 15 is 0 Å². The Morgan fingerprint density at radius 1 is 1.67 bits per heavy atom. The lowest BCUT2D eigenvalue weighted by Gasteiger charge is -2.32. The number of aromatic nitrogens is 1. The number of morpholine rings is 1. The number of nitrogens with one attached hydrogen (secondary N) is 1. The van der Waals surface area contributed by atoms with Gasteiger partial charge in [0.2, 0.25) is 0 Å². The molecular formula is C12H18N4O2. The van der Waals surface area contributed by atoms with Crippen molar-refractivity contribution in [2.24, 2.45) is 5.84 Å². The van der Waals surface area contributed by atoms with Gasteiger partial charge in [0, 0.05) is 13.1 Å². The maximum absolute atomic E-state index is 12.2. The van der Waals surface area contributed by atoms with Crippen LogP contribution in [0.1, 0.15) is 23.8 Å². The summed E-state index contributed by atoms with van der Waals surface area (Å²) < 4.78 is 5.54. The zero-order valence-corrected chi connectivity index (χ0v) is 10.4. The Kier molecular flexibility index (Phi) is 4.11. The van der Waals surface area contributed by atoms with Crippen LogP contribution in [0.4, 0.5) is 5.69 Å². The second-order valence-corrected chi connectivity index (χ2v) is 4.23. The Balaban J connectivity index is 2.05. The molecule has 0 aromatic carbocycles. The molecule has 3 N–H and O–H groups in total. The monoisotopic (exact) mass is 250 g/mol. The van der Waals surface area contributed by atoms with Crippen LogP contribution in [0.15, 0.2) is 18.3 Å². The second kappa shape index (κ2) is 5.79. The largest absolute Gasteiger partial charge is 0.375 e. The summed E-state index contributed by atoms with van der Waals surface area (Å²) in [4.78, 5) is 18.1. The molecule has 0 radical (unpaired) electrons. The highest BCUT2D eigenvalue weighted by atomic mass is 16.5. The zero-order valence-electron chi connectivity index (χ0n) is 10.4. The van der Waals surface area contributed by atoms with Crippen LogP contribution in [0.3, 0.4) is 0 Å². The van der Waals surface area contributed by atoms with E-state index in [0.717, 1.165) is 6.42 Å².